The first kappa shape index (κ1) is 16.2. The van der Waals surface area contributed by atoms with Crippen molar-refractivity contribution in [3.05, 3.63) is 106 Å². The fraction of sp³-hybridized carbons (Fsp3) is 0.0435. The minimum atomic E-state index is 0.793. The van der Waals surface area contributed by atoms with Gasteiger partial charge in [-0.1, -0.05) is 76.6 Å². The molecule has 0 N–H and O–H groups in total. The molecule has 0 aromatic heterocycles. The lowest BCUT2D eigenvalue weighted by molar-refractivity contribution is 0.549. The van der Waals surface area contributed by atoms with E-state index in [0.29, 0.717) is 0 Å². The van der Waals surface area contributed by atoms with Crippen LogP contribution in [0.2, 0.25) is 0 Å². The number of halogens is 1. The summed E-state index contributed by atoms with van der Waals surface area (Å²) in [6.45, 7) is 0.793. The molecule has 2 aliphatic rings. The molecule has 5 rings (SSSR count). The Kier molecular flexibility index (Phi) is 3.98. The Morgan fingerprint density at radius 3 is 2.30 bits per heavy atom. The summed E-state index contributed by atoms with van der Waals surface area (Å²) in [4.78, 5) is 12.1. The van der Waals surface area contributed by atoms with Gasteiger partial charge in [0.25, 0.3) is 0 Å². The molecule has 0 aliphatic carbocycles. The van der Waals surface area contributed by atoms with Gasteiger partial charge in [0.05, 0.1) is 17.9 Å². The van der Waals surface area contributed by atoms with Crippen LogP contribution in [0.4, 0.5) is 5.69 Å². The van der Waals surface area contributed by atoms with E-state index in [1.165, 1.54) is 5.56 Å². The molecule has 0 radical (unpaired) electrons. The van der Waals surface area contributed by atoms with Crippen LogP contribution in [0.25, 0.3) is 5.70 Å². The minimum absolute atomic E-state index is 0.793. The van der Waals surface area contributed by atoms with Crippen LogP contribution in [0.1, 0.15) is 16.7 Å². The van der Waals surface area contributed by atoms with Crippen LogP contribution in [0.3, 0.4) is 0 Å². The zero-order chi connectivity index (χ0) is 18.2. The summed E-state index contributed by atoms with van der Waals surface area (Å²) in [6.07, 6.45) is 2.10. The van der Waals surface area contributed by atoms with Crippen LogP contribution in [0.5, 0.6) is 0 Å². The maximum Gasteiger partial charge on any atom is 0.160 e. The van der Waals surface area contributed by atoms with E-state index in [1.54, 1.807) is 0 Å². The molecule has 0 atom stereocenters. The van der Waals surface area contributed by atoms with E-state index in [9.17, 15) is 0 Å². The molecule has 0 fully saturated rings. The van der Waals surface area contributed by atoms with Gasteiger partial charge in [0.2, 0.25) is 0 Å². The molecule has 4 heteroatoms. The van der Waals surface area contributed by atoms with Gasteiger partial charge in [0.1, 0.15) is 5.71 Å². The van der Waals surface area contributed by atoms with E-state index in [2.05, 4.69) is 69.5 Å². The van der Waals surface area contributed by atoms with Crippen LogP contribution >= 0.6 is 15.9 Å². The Bertz CT molecular complexity index is 1100. The second-order valence-corrected chi connectivity index (χ2v) is 7.46. The molecular formula is C23H16BrN3. The topological polar surface area (TPSA) is 28.0 Å². The monoisotopic (exact) mass is 413 g/mol. The van der Waals surface area contributed by atoms with Gasteiger partial charge in [0, 0.05) is 21.8 Å². The van der Waals surface area contributed by atoms with Crippen LogP contribution in [0.15, 0.2) is 99.5 Å². The fourth-order valence-electron chi connectivity index (χ4n) is 3.38. The van der Waals surface area contributed by atoms with E-state index in [-0.39, 0.29) is 0 Å². The second-order valence-electron chi connectivity index (χ2n) is 6.54. The number of amidine groups is 1. The highest BCUT2D eigenvalue weighted by atomic mass is 79.9. The van der Waals surface area contributed by atoms with Crippen molar-refractivity contribution in [1.29, 1.82) is 0 Å². The summed E-state index contributed by atoms with van der Waals surface area (Å²) >= 11 is 3.51. The fourth-order valence-corrected chi connectivity index (χ4v) is 3.65. The van der Waals surface area contributed by atoms with E-state index < -0.39 is 0 Å². The molecule has 3 aromatic carbocycles. The third-order valence-electron chi connectivity index (χ3n) is 4.74. The summed E-state index contributed by atoms with van der Waals surface area (Å²) in [5, 5.41) is 0. The smallest absolute Gasteiger partial charge is 0.160 e. The van der Waals surface area contributed by atoms with Gasteiger partial charge in [0.15, 0.2) is 5.84 Å². The van der Waals surface area contributed by atoms with Crippen molar-refractivity contribution in [3.63, 3.8) is 0 Å². The first-order valence-corrected chi connectivity index (χ1v) is 9.63. The molecule has 0 bridgehead atoms. The molecule has 0 spiro atoms. The quantitative estimate of drug-likeness (QED) is 0.521. The maximum absolute atomic E-state index is 5.00. The third kappa shape index (κ3) is 3.02. The number of hydrogen-bond donors (Lipinski definition) is 0. The minimum Gasteiger partial charge on any atom is -0.325 e. The van der Waals surface area contributed by atoms with Crippen molar-refractivity contribution >= 4 is 38.9 Å². The molecule has 27 heavy (non-hydrogen) atoms. The Hall–Kier alpha value is -2.98. The number of hydrogen-bond acceptors (Lipinski definition) is 3. The average molecular weight is 414 g/mol. The standard InChI is InChI=1S/C23H16BrN3/c24-19-12-10-16(11-13-19)21-15-27-14-18-8-4-5-9-20(18)26-23(27)22(25-21)17-6-2-1-3-7-17/h1-13,15H,14H2. The van der Waals surface area contributed by atoms with Crippen molar-refractivity contribution in [3.8, 4) is 0 Å². The van der Waals surface area contributed by atoms with Crippen molar-refractivity contribution in [2.24, 2.45) is 9.98 Å². The Morgan fingerprint density at radius 1 is 0.741 bits per heavy atom. The molecule has 3 aromatic rings. The molecular weight excluding hydrogens is 398 g/mol. The molecule has 0 saturated heterocycles. The molecule has 0 saturated carbocycles. The van der Waals surface area contributed by atoms with Crippen molar-refractivity contribution < 1.29 is 0 Å². The van der Waals surface area contributed by atoms with E-state index >= 15 is 0 Å². The summed E-state index contributed by atoms with van der Waals surface area (Å²) in [7, 11) is 0. The molecule has 0 unspecified atom stereocenters. The summed E-state index contributed by atoms with van der Waals surface area (Å²) in [6, 6.07) is 26.8. The lowest BCUT2D eigenvalue weighted by Crippen LogP contribution is -2.37. The van der Waals surface area contributed by atoms with Crippen LogP contribution in [-0.4, -0.2) is 16.4 Å². The van der Waals surface area contributed by atoms with Gasteiger partial charge in [-0.05, 0) is 23.8 Å². The number of nitrogens with zero attached hydrogens (tertiary/aromatic N) is 3. The highest BCUT2D eigenvalue weighted by Crippen LogP contribution is 2.32. The molecule has 2 aliphatic heterocycles. The largest absolute Gasteiger partial charge is 0.325 e. The average Bonchev–Trinajstić information content (AvgIpc) is 2.72. The molecule has 0 amide bonds. The second kappa shape index (κ2) is 6.63. The van der Waals surface area contributed by atoms with Crippen molar-refractivity contribution in [2.45, 2.75) is 6.54 Å². The van der Waals surface area contributed by atoms with Gasteiger partial charge in [-0.3, -0.25) is 0 Å². The zero-order valence-corrected chi connectivity index (χ0v) is 16.1. The molecule has 3 nitrogen and oxygen atoms in total. The number of rotatable bonds is 2. The van der Waals surface area contributed by atoms with Gasteiger partial charge in [-0.2, -0.15) is 0 Å². The number of aliphatic imine (C=N–C) groups is 2. The van der Waals surface area contributed by atoms with E-state index in [4.69, 9.17) is 9.98 Å². The summed E-state index contributed by atoms with van der Waals surface area (Å²) in [5.41, 5.74) is 6.26. The summed E-state index contributed by atoms with van der Waals surface area (Å²) in [5.74, 6) is 0.903. The van der Waals surface area contributed by atoms with Crippen LogP contribution in [-0.2, 0) is 6.54 Å². The Balaban J connectivity index is 1.68. The molecule has 130 valence electrons. The number of fused-ring (bicyclic) bond motifs is 2. The van der Waals surface area contributed by atoms with Crippen LogP contribution < -0.4 is 0 Å². The van der Waals surface area contributed by atoms with Crippen molar-refractivity contribution in [2.75, 3.05) is 0 Å². The first-order valence-electron chi connectivity index (χ1n) is 8.83. The highest BCUT2D eigenvalue weighted by molar-refractivity contribution is 9.10. The normalized spacial score (nSPS) is 15.3. The van der Waals surface area contributed by atoms with E-state index in [0.717, 1.165) is 45.1 Å². The summed E-state index contributed by atoms with van der Waals surface area (Å²) < 4.78 is 1.06. The van der Waals surface area contributed by atoms with Gasteiger partial charge < -0.3 is 4.90 Å². The lowest BCUT2D eigenvalue weighted by atomic mass is 10.0. The first-order chi connectivity index (χ1) is 13.3. The third-order valence-corrected chi connectivity index (χ3v) is 5.27. The zero-order valence-electron chi connectivity index (χ0n) is 14.5. The highest BCUT2D eigenvalue weighted by Gasteiger charge is 2.27. The Morgan fingerprint density at radius 2 is 1.48 bits per heavy atom. The van der Waals surface area contributed by atoms with Gasteiger partial charge >= 0.3 is 0 Å². The molecule has 2 heterocycles. The lowest BCUT2D eigenvalue weighted by Gasteiger charge is -2.31. The predicted octanol–water partition coefficient (Wildman–Crippen LogP) is 5.80. The van der Waals surface area contributed by atoms with E-state index in [1.807, 2.05) is 36.4 Å². The SMILES string of the molecule is Brc1ccc(C2=CN3Cc4ccccc4N=C3C(c3ccccc3)=N2)cc1. The van der Waals surface area contributed by atoms with Gasteiger partial charge in [-0.25, -0.2) is 9.98 Å². The number of benzene rings is 3. The van der Waals surface area contributed by atoms with Crippen LogP contribution in [0, 0.1) is 0 Å². The maximum atomic E-state index is 5.00. The Labute approximate surface area is 166 Å². The van der Waals surface area contributed by atoms with Gasteiger partial charge in [-0.15, -0.1) is 0 Å². The number of para-hydroxylation sites is 1. The predicted molar refractivity (Wildman–Crippen MR) is 114 cm³/mol. The van der Waals surface area contributed by atoms with Crippen molar-refractivity contribution in [1.82, 2.24) is 4.90 Å².